The Labute approximate surface area is 275 Å². The first-order valence-electron chi connectivity index (χ1n) is 16.9. The molecule has 0 spiro atoms. The minimum absolute atomic E-state index is 0.0176. The number of benzene rings is 2. The summed E-state index contributed by atoms with van der Waals surface area (Å²) in [5.41, 5.74) is 0.554. The summed E-state index contributed by atoms with van der Waals surface area (Å²) in [5.74, 6) is -1.18. The Bertz CT molecular complexity index is 1740. The van der Waals surface area contributed by atoms with E-state index in [4.69, 9.17) is 9.31 Å². The van der Waals surface area contributed by atoms with Gasteiger partial charge in [0.05, 0.1) is 34.3 Å². The summed E-state index contributed by atoms with van der Waals surface area (Å²) in [4.78, 5) is 39.6. The molecule has 0 unspecified atom stereocenters. The molecule has 6 atom stereocenters. The number of rotatable bonds is 10. The molecule has 2 aromatic carbocycles. The average molecular weight is 645 g/mol. The number of nitrogens with one attached hydrogen (secondary N) is 3. The molecule has 3 aliphatic carbocycles. The molecule has 2 amide bonds. The van der Waals surface area contributed by atoms with Crippen molar-refractivity contribution in [2.75, 3.05) is 0 Å². The van der Waals surface area contributed by atoms with Crippen LogP contribution in [0.4, 0.5) is 4.39 Å². The van der Waals surface area contributed by atoms with Crippen molar-refractivity contribution in [3.05, 3.63) is 75.5 Å². The lowest BCUT2D eigenvalue weighted by Crippen LogP contribution is -2.65. The van der Waals surface area contributed by atoms with Gasteiger partial charge in [0.25, 0.3) is 11.5 Å². The number of carbonyl (C=O) groups excluding carboxylic acids is 2. The van der Waals surface area contributed by atoms with Crippen molar-refractivity contribution >= 4 is 29.7 Å². The number of H-pyrrole nitrogens is 1. The van der Waals surface area contributed by atoms with Gasteiger partial charge >= 0.3 is 7.12 Å². The number of halogens is 1. The van der Waals surface area contributed by atoms with Crippen LogP contribution in [-0.4, -0.2) is 52.8 Å². The van der Waals surface area contributed by atoms with E-state index >= 15 is 4.39 Å². The van der Waals surface area contributed by atoms with E-state index < -0.39 is 36.4 Å². The fraction of sp³-hybridized carbons (Fsp3) is 0.556. The molecule has 1 aliphatic heterocycles. The van der Waals surface area contributed by atoms with Crippen molar-refractivity contribution in [1.82, 2.24) is 20.8 Å². The molecule has 9 nitrogen and oxygen atoms in total. The molecule has 7 rings (SSSR count). The first kappa shape index (κ1) is 33.3. The molecule has 4 fully saturated rings. The Balaban J connectivity index is 1.17. The van der Waals surface area contributed by atoms with Crippen LogP contribution in [0.15, 0.2) is 47.3 Å². The molecule has 47 heavy (non-hydrogen) atoms. The fourth-order valence-corrected chi connectivity index (χ4v) is 8.20. The Hall–Kier alpha value is -3.57. The number of nitrogens with zero attached hydrogens (tertiary/aromatic N) is 1. The van der Waals surface area contributed by atoms with Crippen LogP contribution in [0.2, 0.25) is 0 Å². The maximum absolute atomic E-state index is 15.1. The van der Waals surface area contributed by atoms with E-state index in [9.17, 15) is 14.4 Å². The highest BCUT2D eigenvalue weighted by Gasteiger charge is 2.68. The fourth-order valence-electron chi connectivity index (χ4n) is 8.20. The summed E-state index contributed by atoms with van der Waals surface area (Å²) in [6.45, 7) is 14.6. The molecule has 0 radical (unpaired) electrons. The SMILES string of the molecule is CC(C)C[C@H](NC(=O)[C@@H](NC(=O)c1cc(Cc2n[nH]c(=O)c3ccccc23)ccc1F)C(C)C)B1O[C@@H]2C[C@@H]3C[C@@H](C3(C)C)[C@]2(C)O1. The molecule has 1 aromatic heterocycles. The molecule has 2 heterocycles. The van der Waals surface area contributed by atoms with Crippen LogP contribution in [0.5, 0.6) is 0 Å². The molecule has 3 N–H and O–H groups in total. The molecule has 250 valence electrons. The highest BCUT2D eigenvalue weighted by atomic mass is 19.1. The molecule has 2 bridgehead atoms. The van der Waals surface area contributed by atoms with Crippen molar-refractivity contribution in [1.29, 1.82) is 0 Å². The minimum atomic E-state index is -0.920. The minimum Gasteiger partial charge on any atom is -0.404 e. The summed E-state index contributed by atoms with van der Waals surface area (Å²) in [6, 6.07) is 10.5. The Morgan fingerprint density at radius 3 is 2.47 bits per heavy atom. The van der Waals surface area contributed by atoms with E-state index in [1.165, 1.54) is 12.1 Å². The predicted octanol–water partition coefficient (Wildman–Crippen LogP) is 5.21. The molecule has 3 saturated carbocycles. The third kappa shape index (κ3) is 6.12. The average Bonchev–Trinajstić information content (AvgIpc) is 3.38. The van der Waals surface area contributed by atoms with E-state index in [0.717, 1.165) is 12.8 Å². The van der Waals surface area contributed by atoms with Gasteiger partial charge in [-0.3, -0.25) is 14.4 Å². The third-order valence-corrected chi connectivity index (χ3v) is 11.0. The van der Waals surface area contributed by atoms with E-state index in [1.807, 2.05) is 26.0 Å². The molecular weight excluding hydrogens is 598 g/mol. The summed E-state index contributed by atoms with van der Waals surface area (Å²) in [6.07, 6.45) is 2.97. The molecule has 4 aliphatic rings. The second-order valence-electron chi connectivity index (χ2n) is 15.3. The van der Waals surface area contributed by atoms with Crippen LogP contribution in [-0.2, 0) is 20.5 Å². The second-order valence-corrected chi connectivity index (χ2v) is 15.3. The molecule has 11 heteroatoms. The summed E-state index contributed by atoms with van der Waals surface area (Å²) in [5, 5.41) is 13.9. The van der Waals surface area contributed by atoms with Gasteiger partial charge < -0.3 is 19.9 Å². The van der Waals surface area contributed by atoms with Gasteiger partial charge in [0.2, 0.25) is 5.91 Å². The van der Waals surface area contributed by atoms with E-state index in [2.05, 4.69) is 55.4 Å². The lowest BCUT2D eigenvalue weighted by molar-refractivity contribution is -0.199. The van der Waals surface area contributed by atoms with Gasteiger partial charge in [-0.1, -0.05) is 65.8 Å². The monoisotopic (exact) mass is 644 g/mol. The van der Waals surface area contributed by atoms with E-state index in [-0.39, 0.29) is 46.8 Å². The zero-order valence-corrected chi connectivity index (χ0v) is 28.4. The smallest absolute Gasteiger partial charge is 0.404 e. The Morgan fingerprint density at radius 2 is 1.79 bits per heavy atom. The first-order valence-corrected chi connectivity index (χ1v) is 16.9. The second kappa shape index (κ2) is 12.5. The largest absolute Gasteiger partial charge is 0.481 e. The summed E-state index contributed by atoms with van der Waals surface area (Å²) in [7, 11) is -0.596. The normalized spacial score (nSPS) is 25.7. The molecular formula is C36H46BFN4O5. The number of carbonyl (C=O) groups is 2. The number of hydrogen-bond acceptors (Lipinski definition) is 6. The van der Waals surface area contributed by atoms with Crippen LogP contribution < -0.4 is 16.2 Å². The Kier molecular flexibility index (Phi) is 8.85. The number of aromatic nitrogens is 2. The predicted molar refractivity (Wildman–Crippen MR) is 179 cm³/mol. The van der Waals surface area contributed by atoms with Crippen LogP contribution in [0.1, 0.15) is 89.3 Å². The molecule has 3 aromatic rings. The van der Waals surface area contributed by atoms with Gasteiger partial charge in [-0.05, 0) is 79.0 Å². The summed E-state index contributed by atoms with van der Waals surface area (Å²) >= 11 is 0. The maximum atomic E-state index is 15.1. The zero-order valence-electron chi connectivity index (χ0n) is 28.4. The van der Waals surface area contributed by atoms with Gasteiger partial charge in [-0.25, -0.2) is 9.49 Å². The Morgan fingerprint density at radius 1 is 1.06 bits per heavy atom. The quantitative estimate of drug-likeness (QED) is 0.261. The summed E-state index contributed by atoms with van der Waals surface area (Å²) < 4.78 is 28.3. The number of aromatic amines is 1. The van der Waals surface area contributed by atoms with Crippen molar-refractivity contribution in [2.24, 2.45) is 29.1 Å². The van der Waals surface area contributed by atoms with Crippen molar-refractivity contribution in [2.45, 2.75) is 97.8 Å². The van der Waals surface area contributed by atoms with Crippen molar-refractivity contribution in [3.8, 4) is 0 Å². The van der Waals surface area contributed by atoms with Crippen LogP contribution in [0, 0.1) is 34.9 Å². The zero-order chi connectivity index (χ0) is 33.8. The first-order chi connectivity index (χ1) is 22.2. The van der Waals surface area contributed by atoms with Crippen LogP contribution in [0.3, 0.4) is 0 Å². The number of amides is 2. The van der Waals surface area contributed by atoms with Gasteiger partial charge in [0.15, 0.2) is 0 Å². The van der Waals surface area contributed by atoms with Gasteiger partial charge in [-0.15, -0.1) is 0 Å². The van der Waals surface area contributed by atoms with E-state index in [1.54, 1.807) is 18.2 Å². The van der Waals surface area contributed by atoms with Gasteiger partial charge in [0.1, 0.15) is 11.9 Å². The van der Waals surface area contributed by atoms with Crippen LogP contribution in [0.25, 0.3) is 10.8 Å². The highest BCUT2D eigenvalue weighted by Crippen LogP contribution is 2.65. The lowest BCUT2D eigenvalue weighted by atomic mass is 9.43. The topological polar surface area (TPSA) is 122 Å². The highest BCUT2D eigenvalue weighted by molar-refractivity contribution is 6.48. The van der Waals surface area contributed by atoms with Gasteiger partial charge in [0, 0.05) is 11.8 Å². The van der Waals surface area contributed by atoms with Gasteiger partial charge in [-0.2, -0.15) is 5.10 Å². The van der Waals surface area contributed by atoms with Crippen molar-refractivity contribution < 1.29 is 23.3 Å². The molecule has 1 saturated heterocycles. The number of hydrogen-bond donors (Lipinski definition) is 3. The number of fused-ring (bicyclic) bond motifs is 1. The lowest BCUT2D eigenvalue weighted by Gasteiger charge is -2.64. The van der Waals surface area contributed by atoms with E-state index in [0.29, 0.717) is 40.3 Å². The standard InChI is InChI=1S/C36H46BFN4O5/c1-19(2)14-30(37-46-29-18-22-17-28(35(22,5)6)36(29,7)47-37)39-34(45)31(20(3)4)40-32(43)25-15-21(12-13-26(25)38)16-27-23-10-8-9-11-24(23)33(44)42-41-27/h8-13,15,19-20,22,28-31H,14,16-18H2,1-7H3,(H,39,45)(H,40,43)(H,42,44)/t22-,28-,29+,30-,31-,36-/m0/s1. The van der Waals surface area contributed by atoms with Crippen LogP contribution >= 0.6 is 0 Å². The third-order valence-electron chi connectivity index (χ3n) is 11.0. The maximum Gasteiger partial charge on any atom is 0.481 e. The van der Waals surface area contributed by atoms with Crippen molar-refractivity contribution in [3.63, 3.8) is 0 Å².